The van der Waals surface area contributed by atoms with Crippen molar-refractivity contribution in [2.45, 2.75) is 38.7 Å². The van der Waals surface area contributed by atoms with E-state index in [0.717, 1.165) is 32.4 Å². The van der Waals surface area contributed by atoms with Crippen LogP contribution in [0.2, 0.25) is 0 Å². The number of carbonyl (C=O) groups excluding carboxylic acids is 1. The van der Waals surface area contributed by atoms with Gasteiger partial charge in [-0.05, 0) is 49.3 Å². The first-order valence-corrected chi connectivity index (χ1v) is 9.83. The van der Waals surface area contributed by atoms with Crippen LogP contribution in [0.25, 0.3) is 0 Å². The van der Waals surface area contributed by atoms with E-state index in [2.05, 4.69) is 30.3 Å². The third-order valence-electron chi connectivity index (χ3n) is 5.28. The standard InChI is InChI=1S/C23H29NO3/c1-3-20(27-22-12-8-7-11-21(22)26-2)23(25)24-15-13-19(14-16-24)17-18-9-5-4-6-10-18/h4-12,19-20H,3,13-17H2,1-2H3/t20-/m1/s1. The third-order valence-corrected chi connectivity index (χ3v) is 5.28. The van der Waals surface area contributed by atoms with Crippen LogP contribution in [0.15, 0.2) is 54.6 Å². The number of para-hydroxylation sites is 2. The van der Waals surface area contributed by atoms with Crippen molar-refractivity contribution in [2.75, 3.05) is 20.2 Å². The Labute approximate surface area is 162 Å². The molecule has 1 aliphatic heterocycles. The fourth-order valence-electron chi connectivity index (χ4n) is 3.69. The molecule has 2 aromatic rings. The van der Waals surface area contributed by atoms with Crippen LogP contribution in [0, 0.1) is 5.92 Å². The normalized spacial score (nSPS) is 16.0. The van der Waals surface area contributed by atoms with Crippen LogP contribution >= 0.6 is 0 Å². The van der Waals surface area contributed by atoms with E-state index in [1.54, 1.807) is 7.11 Å². The maximum atomic E-state index is 13.0. The van der Waals surface area contributed by atoms with Crippen molar-refractivity contribution in [3.63, 3.8) is 0 Å². The molecule has 1 atom stereocenters. The zero-order chi connectivity index (χ0) is 19.1. The van der Waals surface area contributed by atoms with Gasteiger partial charge in [0.05, 0.1) is 7.11 Å². The van der Waals surface area contributed by atoms with Crippen molar-refractivity contribution in [2.24, 2.45) is 5.92 Å². The van der Waals surface area contributed by atoms with Gasteiger partial charge in [0.1, 0.15) is 0 Å². The monoisotopic (exact) mass is 367 g/mol. The second-order valence-electron chi connectivity index (χ2n) is 7.12. The van der Waals surface area contributed by atoms with Crippen molar-refractivity contribution in [3.05, 3.63) is 60.2 Å². The SMILES string of the molecule is CC[C@@H](Oc1ccccc1OC)C(=O)N1CCC(Cc2ccccc2)CC1. The van der Waals surface area contributed by atoms with Crippen LogP contribution in [-0.2, 0) is 11.2 Å². The highest BCUT2D eigenvalue weighted by Gasteiger charge is 2.29. The highest BCUT2D eigenvalue weighted by molar-refractivity contribution is 5.81. The van der Waals surface area contributed by atoms with Crippen LogP contribution in [0.5, 0.6) is 11.5 Å². The van der Waals surface area contributed by atoms with Crippen molar-refractivity contribution >= 4 is 5.91 Å². The number of likely N-dealkylation sites (tertiary alicyclic amines) is 1. The van der Waals surface area contributed by atoms with Gasteiger partial charge in [0.2, 0.25) is 0 Å². The van der Waals surface area contributed by atoms with Gasteiger partial charge in [0.15, 0.2) is 17.6 Å². The molecule has 0 radical (unpaired) electrons. The lowest BCUT2D eigenvalue weighted by Gasteiger charge is -2.34. The van der Waals surface area contributed by atoms with Gasteiger partial charge in [-0.15, -0.1) is 0 Å². The lowest BCUT2D eigenvalue weighted by molar-refractivity contribution is -0.140. The van der Waals surface area contributed by atoms with Crippen LogP contribution in [0.4, 0.5) is 0 Å². The van der Waals surface area contributed by atoms with E-state index in [9.17, 15) is 4.79 Å². The Kier molecular flexibility index (Phi) is 6.74. The molecular formula is C23H29NO3. The fourth-order valence-corrected chi connectivity index (χ4v) is 3.69. The van der Waals surface area contributed by atoms with Gasteiger partial charge in [-0.3, -0.25) is 4.79 Å². The summed E-state index contributed by atoms with van der Waals surface area (Å²) in [5, 5.41) is 0. The lowest BCUT2D eigenvalue weighted by atomic mass is 9.90. The summed E-state index contributed by atoms with van der Waals surface area (Å²) in [4.78, 5) is 14.9. The number of amides is 1. The molecule has 0 unspecified atom stereocenters. The molecule has 2 aromatic carbocycles. The molecule has 1 heterocycles. The number of carbonyl (C=O) groups is 1. The Morgan fingerprint density at radius 3 is 2.30 bits per heavy atom. The van der Waals surface area contributed by atoms with Crippen LogP contribution in [-0.4, -0.2) is 37.1 Å². The molecule has 0 aromatic heterocycles. The first-order chi connectivity index (χ1) is 13.2. The molecule has 4 heteroatoms. The number of piperidine rings is 1. The summed E-state index contributed by atoms with van der Waals surface area (Å²) >= 11 is 0. The molecule has 1 aliphatic rings. The molecule has 144 valence electrons. The predicted octanol–water partition coefficient (Wildman–Crippen LogP) is 4.33. The van der Waals surface area contributed by atoms with Gasteiger partial charge in [-0.25, -0.2) is 0 Å². The Morgan fingerprint density at radius 1 is 1.04 bits per heavy atom. The topological polar surface area (TPSA) is 38.8 Å². The maximum absolute atomic E-state index is 13.0. The van der Waals surface area contributed by atoms with E-state index in [4.69, 9.17) is 9.47 Å². The molecule has 0 saturated carbocycles. The van der Waals surface area contributed by atoms with Gasteiger partial charge < -0.3 is 14.4 Å². The minimum Gasteiger partial charge on any atom is -0.493 e. The molecule has 4 nitrogen and oxygen atoms in total. The van der Waals surface area contributed by atoms with Crippen molar-refractivity contribution in [1.82, 2.24) is 4.90 Å². The molecule has 3 rings (SSSR count). The molecule has 0 spiro atoms. The minimum atomic E-state index is -0.466. The maximum Gasteiger partial charge on any atom is 0.263 e. The van der Waals surface area contributed by atoms with E-state index in [1.165, 1.54) is 5.56 Å². The average molecular weight is 367 g/mol. The summed E-state index contributed by atoms with van der Waals surface area (Å²) in [6.45, 7) is 3.60. The summed E-state index contributed by atoms with van der Waals surface area (Å²) in [5.74, 6) is 2.01. The Morgan fingerprint density at radius 2 is 1.67 bits per heavy atom. The van der Waals surface area contributed by atoms with Gasteiger partial charge >= 0.3 is 0 Å². The van der Waals surface area contributed by atoms with Crippen LogP contribution < -0.4 is 9.47 Å². The highest BCUT2D eigenvalue weighted by atomic mass is 16.5. The summed E-state index contributed by atoms with van der Waals surface area (Å²) in [6.07, 6.45) is 3.36. The average Bonchev–Trinajstić information content (AvgIpc) is 2.73. The molecular weight excluding hydrogens is 338 g/mol. The Bertz CT molecular complexity index is 723. The van der Waals surface area contributed by atoms with Crippen molar-refractivity contribution in [3.8, 4) is 11.5 Å². The first-order valence-electron chi connectivity index (χ1n) is 9.83. The minimum absolute atomic E-state index is 0.0848. The zero-order valence-corrected chi connectivity index (χ0v) is 16.3. The van der Waals surface area contributed by atoms with E-state index in [0.29, 0.717) is 23.8 Å². The second-order valence-corrected chi connectivity index (χ2v) is 7.12. The third kappa shape index (κ3) is 5.03. The van der Waals surface area contributed by atoms with Crippen LogP contribution in [0.1, 0.15) is 31.7 Å². The smallest absolute Gasteiger partial charge is 0.263 e. The summed E-state index contributed by atoms with van der Waals surface area (Å²) in [5.41, 5.74) is 1.38. The molecule has 1 amide bonds. The van der Waals surface area contributed by atoms with Crippen molar-refractivity contribution < 1.29 is 14.3 Å². The van der Waals surface area contributed by atoms with Crippen LogP contribution in [0.3, 0.4) is 0 Å². The molecule has 1 fully saturated rings. The summed E-state index contributed by atoms with van der Waals surface area (Å²) in [7, 11) is 1.61. The van der Waals surface area contributed by atoms with Crippen molar-refractivity contribution in [1.29, 1.82) is 0 Å². The molecule has 0 bridgehead atoms. The quantitative estimate of drug-likeness (QED) is 0.731. The Balaban J connectivity index is 1.55. The number of hydrogen-bond acceptors (Lipinski definition) is 3. The van der Waals surface area contributed by atoms with E-state index in [1.807, 2.05) is 36.1 Å². The van der Waals surface area contributed by atoms with E-state index < -0.39 is 6.10 Å². The molecule has 0 aliphatic carbocycles. The number of methoxy groups -OCH3 is 1. The predicted molar refractivity (Wildman–Crippen MR) is 107 cm³/mol. The number of rotatable bonds is 7. The molecule has 27 heavy (non-hydrogen) atoms. The Hall–Kier alpha value is -2.49. The number of nitrogens with zero attached hydrogens (tertiary/aromatic N) is 1. The summed E-state index contributed by atoms with van der Waals surface area (Å²) in [6, 6.07) is 18.1. The number of benzene rings is 2. The number of ether oxygens (including phenoxy) is 2. The number of hydrogen-bond donors (Lipinski definition) is 0. The van der Waals surface area contributed by atoms with Gasteiger partial charge in [0.25, 0.3) is 5.91 Å². The van der Waals surface area contributed by atoms with E-state index in [-0.39, 0.29) is 5.91 Å². The van der Waals surface area contributed by atoms with Gasteiger partial charge in [-0.2, -0.15) is 0 Å². The summed E-state index contributed by atoms with van der Waals surface area (Å²) < 4.78 is 11.3. The van der Waals surface area contributed by atoms with Gasteiger partial charge in [0, 0.05) is 13.1 Å². The fraction of sp³-hybridized carbons (Fsp3) is 0.435. The largest absolute Gasteiger partial charge is 0.493 e. The zero-order valence-electron chi connectivity index (χ0n) is 16.3. The van der Waals surface area contributed by atoms with E-state index >= 15 is 0 Å². The first kappa shape index (κ1) is 19.3. The lowest BCUT2D eigenvalue weighted by Crippen LogP contribution is -2.45. The molecule has 0 N–H and O–H groups in total. The second kappa shape index (κ2) is 9.45. The molecule has 1 saturated heterocycles. The van der Waals surface area contributed by atoms with Gasteiger partial charge in [-0.1, -0.05) is 49.4 Å². The highest BCUT2D eigenvalue weighted by Crippen LogP contribution is 2.28.